The van der Waals surface area contributed by atoms with Gasteiger partial charge in [-0.3, -0.25) is 0 Å². The summed E-state index contributed by atoms with van der Waals surface area (Å²) in [6.45, 7) is 2.90. The SMILES string of the molecule is CCS(=O)(=O)CCCNCCOC(N)=O. The van der Waals surface area contributed by atoms with E-state index in [-0.39, 0.29) is 18.1 Å². The summed E-state index contributed by atoms with van der Waals surface area (Å²) in [4.78, 5) is 10.2. The number of primary amides is 1. The number of hydrogen-bond acceptors (Lipinski definition) is 5. The molecule has 0 radical (unpaired) electrons. The van der Waals surface area contributed by atoms with Gasteiger partial charge in [-0.15, -0.1) is 0 Å². The molecule has 0 aromatic rings. The van der Waals surface area contributed by atoms with Crippen LogP contribution in [-0.2, 0) is 14.6 Å². The number of nitrogens with one attached hydrogen (secondary N) is 1. The molecule has 0 aromatic heterocycles. The molecule has 0 aliphatic heterocycles. The summed E-state index contributed by atoms with van der Waals surface area (Å²) in [5, 5.41) is 2.94. The molecule has 0 fully saturated rings. The van der Waals surface area contributed by atoms with Crippen LogP contribution in [0, 0.1) is 0 Å². The van der Waals surface area contributed by atoms with E-state index in [1.54, 1.807) is 6.92 Å². The number of carbonyl (C=O) groups excluding carboxylic acids is 1. The fraction of sp³-hybridized carbons (Fsp3) is 0.875. The van der Waals surface area contributed by atoms with E-state index >= 15 is 0 Å². The lowest BCUT2D eigenvalue weighted by Crippen LogP contribution is -2.25. The highest BCUT2D eigenvalue weighted by Gasteiger charge is 2.05. The van der Waals surface area contributed by atoms with E-state index in [2.05, 4.69) is 10.1 Å². The van der Waals surface area contributed by atoms with E-state index in [0.717, 1.165) is 0 Å². The average Bonchev–Trinajstić information content (AvgIpc) is 2.16. The maximum Gasteiger partial charge on any atom is 0.404 e. The number of nitrogens with two attached hydrogens (primary N) is 1. The van der Waals surface area contributed by atoms with E-state index in [9.17, 15) is 13.2 Å². The molecule has 7 heteroatoms. The minimum absolute atomic E-state index is 0.178. The summed E-state index contributed by atoms with van der Waals surface area (Å²) < 4.78 is 26.6. The normalized spacial score (nSPS) is 11.3. The van der Waals surface area contributed by atoms with Gasteiger partial charge in [0.05, 0.1) is 5.75 Å². The lowest BCUT2D eigenvalue weighted by atomic mass is 10.5. The monoisotopic (exact) mass is 238 g/mol. The highest BCUT2D eigenvalue weighted by molar-refractivity contribution is 7.91. The van der Waals surface area contributed by atoms with Gasteiger partial charge in [0.2, 0.25) is 0 Å². The molecule has 15 heavy (non-hydrogen) atoms. The zero-order chi connectivity index (χ0) is 11.7. The van der Waals surface area contributed by atoms with Crippen LogP contribution in [0.1, 0.15) is 13.3 Å². The minimum Gasteiger partial charge on any atom is -0.448 e. The number of ether oxygens (including phenoxy) is 1. The maximum absolute atomic E-state index is 11.1. The van der Waals surface area contributed by atoms with Gasteiger partial charge < -0.3 is 15.8 Å². The Morgan fingerprint density at radius 1 is 1.40 bits per heavy atom. The Bertz CT molecular complexity index is 276. The third-order valence-corrected chi connectivity index (χ3v) is 3.56. The van der Waals surface area contributed by atoms with Crippen molar-refractivity contribution in [2.24, 2.45) is 5.73 Å². The van der Waals surface area contributed by atoms with Gasteiger partial charge in [-0.1, -0.05) is 6.92 Å². The van der Waals surface area contributed by atoms with Gasteiger partial charge >= 0.3 is 6.09 Å². The summed E-state index contributed by atoms with van der Waals surface area (Å²) in [5.74, 6) is 0.366. The van der Waals surface area contributed by atoms with Gasteiger partial charge in [-0.25, -0.2) is 13.2 Å². The van der Waals surface area contributed by atoms with Crippen molar-refractivity contribution in [3.8, 4) is 0 Å². The second-order valence-corrected chi connectivity index (χ2v) is 5.48. The predicted molar refractivity (Wildman–Crippen MR) is 57.3 cm³/mol. The van der Waals surface area contributed by atoms with Crippen LogP contribution in [0.3, 0.4) is 0 Å². The van der Waals surface area contributed by atoms with E-state index in [0.29, 0.717) is 19.5 Å². The highest BCUT2D eigenvalue weighted by atomic mass is 32.2. The fourth-order valence-electron chi connectivity index (χ4n) is 0.910. The van der Waals surface area contributed by atoms with Crippen molar-refractivity contribution in [1.29, 1.82) is 0 Å². The van der Waals surface area contributed by atoms with Crippen LogP contribution in [0.2, 0.25) is 0 Å². The topological polar surface area (TPSA) is 98.5 Å². The van der Waals surface area contributed by atoms with Crippen LogP contribution in [0.25, 0.3) is 0 Å². The molecular formula is C8H18N2O4S. The fourth-order valence-corrected chi connectivity index (χ4v) is 1.78. The van der Waals surface area contributed by atoms with Crippen LogP contribution < -0.4 is 11.1 Å². The number of rotatable bonds is 8. The Balaban J connectivity index is 3.29. The first-order valence-corrected chi connectivity index (χ1v) is 6.63. The lowest BCUT2D eigenvalue weighted by Gasteiger charge is -2.04. The van der Waals surface area contributed by atoms with Crippen molar-refractivity contribution in [2.45, 2.75) is 13.3 Å². The van der Waals surface area contributed by atoms with Crippen molar-refractivity contribution >= 4 is 15.9 Å². The maximum atomic E-state index is 11.1. The van der Waals surface area contributed by atoms with Gasteiger partial charge in [0.25, 0.3) is 0 Å². The molecule has 0 saturated heterocycles. The van der Waals surface area contributed by atoms with E-state index in [4.69, 9.17) is 5.73 Å². The molecule has 1 amide bonds. The lowest BCUT2D eigenvalue weighted by molar-refractivity contribution is 0.157. The molecule has 0 heterocycles. The largest absolute Gasteiger partial charge is 0.448 e. The van der Waals surface area contributed by atoms with Crippen molar-refractivity contribution in [1.82, 2.24) is 5.32 Å². The quantitative estimate of drug-likeness (QED) is 0.555. The summed E-state index contributed by atoms with van der Waals surface area (Å²) >= 11 is 0. The van der Waals surface area contributed by atoms with Crippen LogP contribution in [0.15, 0.2) is 0 Å². The molecule has 0 unspecified atom stereocenters. The molecule has 0 aliphatic rings. The first kappa shape index (κ1) is 14.2. The van der Waals surface area contributed by atoms with E-state index in [1.807, 2.05) is 0 Å². The van der Waals surface area contributed by atoms with Crippen molar-refractivity contribution in [2.75, 3.05) is 31.2 Å². The third kappa shape index (κ3) is 9.48. The molecule has 0 bridgehead atoms. The van der Waals surface area contributed by atoms with Gasteiger partial charge in [0, 0.05) is 12.3 Å². The Hall–Kier alpha value is -0.820. The molecule has 6 nitrogen and oxygen atoms in total. The standard InChI is InChI=1S/C8H18N2O4S/c1-2-15(12,13)7-3-4-10-5-6-14-8(9)11/h10H,2-7H2,1H3,(H2,9,11). The number of hydrogen-bond donors (Lipinski definition) is 2. The van der Waals surface area contributed by atoms with Crippen molar-refractivity contribution in [3.05, 3.63) is 0 Å². The summed E-state index contributed by atoms with van der Waals surface area (Å²) in [6, 6.07) is 0. The van der Waals surface area contributed by atoms with Crippen LogP contribution >= 0.6 is 0 Å². The van der Waals surface area contributed by atoms with E-state index < -0.39 is 15.9 Å². The zero-order valence-electron chi connectivity index (χ0n) is 8.86. The summed E-state index contributed by atoms with van der Waals surface area (Å²) in [5.41, 5.74) is 4.74. The summed E-state index contributed by atoms with van der Waals surface area (Å²) in [6.07, 6.45) is -0.238. The molecule has 3 N–H and O–H groups in total. The first-order chi connectivity index (χ1) is 6.98. The van der Waals surface area contributed by atoms with E-state index in [1.165, 1.54) is 0 Å². The summed E-state index contributed by atoms with van der Waals surface area (Å²) in [7, 11) is -2.87. The number of carbonyl (C=O) groups is 1. The Labute approximate surface area is 90.1 Å². The molecule has 90 valence electrons. The molecule has 0 atom stereocenters. The van der Waals surface area contributed by atoms with Gasteiger partial charge in [-0.05, 0) is 13.0 Å². The van der Waals surface area contributed by atoms with Crippen molar-refractivity contribution in [3.63, 3.8) is 0 Å². The second kappa shape index (κ2) is 7.47. The highest BCUT2D eigenvalue weighted by Crippen LogP contribution is 1.91. The van der Waals surface area contributed by atoms with Gasteiger partial charge in [0.15, 0.2) is 0 Å². The van der Waals surface area contributed by atoms with Crippen LogP contribution in [0.5, 0.6) is 0 Å². The molecular weight excluding hydrogens is 220 g/mol. The van der Waals surface area contributed by atoms with Crippen LogP contribution in [-0.4, -0.2) is 45.7 Å². The molecule has 0 aromatic carbocycles. The second-order valence-electron chi connectivity index (χ2n) is 3.01. The average molecular weight is 238 g/mol. The Morgan fingerprint density at radius 2 is 2.07 bits per heavy atom. The first-order valence-electron chi connectivity index (χ1n) is 4.81. The van der Waals surface area contributed by atoms with Gasteiger partial charge in [-0.2, -0.15) is 0 Å². The number of amides is 1. The molecule has 0 saturated carbocycles. The minimum atomic E-state index is -2.87. The Kier molecular flexibility index (Phi) is 7.06. The molecule has 0 rings (SSSR count). The molecule has 0 aliphatic carbocycles. The Morgan fingerprint density at radius 3 is 2.60 bits per heavy atom. The predicted octanol–water partition coefficient (Wildman–Crippen LogP) is -0.504. The van der Waals surface area contributed by atoms with Gasteiger partial charge in [0.1, 0.15) is 16.4 Å². The van der Waals surface area contributed by atoms with Crippen molar-refractivity contribution < 1.29 is 17.9 Å². The number of sulfone groups is 1. The smallest absolute Gasteiger partial charge is 0.404 e. The third-order valence-electron chi connectivity index (χ3n) is 1.77. The van der Waals surface area contributed by atoms with Crippen LogP contribution in [0.4, 0.5) is 4.79 Å². The zero-order valence-corrected chi connectivity index (χ0v) is 9.68. The molecule has 0 spiro atoms.